The van der Waals surface area contributed by atoms with Crippen molar-refractivity contribution < 1.29 is 38.2 Å². The molecule has 1 aromatic heterocycles. The Morgan fingerprint density at radius 3 is 2.22 bits per heavy atom. The van der Waals surface area contributed by atoms with Crippen LogP contribution in [0.15, 0.2) is 73.2 Å². The molecule has 51 heavy (non-hydrogen) atoms. The van der Waals surface area contributed by atoms with Crippen molar-refractivity contribution in [3.05, 3.63) is 84.3 Å². The molecule has 3 atom stereocenters. The van der Waals surface area contributed by atoms with Gasteiger partial charge in [-0.05, 0) is 65.5 Å². The molecule has 14 nitrogen and oxygen atoms in total. The first-order chi connectivity index (χ1) is 24.0. The number of esters is 1. The maximum Gasteiger partial charge on any atom is 0.408 e. The molecule has 0 bridgehead atoms. The highest BCUT2D eigenvalue weighted by Gasteiger charge is 2.46. The molecule has 0 radical (unpaired) electrons. The molecule has 1 aliphatic rings. The third-order valence-electron chi connectivity index (χ3n) is 8.49. The third kappa shape index (κ3) is 9.72. The number of ether oxygens (including phenoxy) is 3. The average Bonchev–Trinajstić information content (AvgIpc) is 3.77. The number of benzene rings is 2. The monoisotopic (exact) mass is 704 g/mol. The maximum atomic E-state index is 14.3. The van der Waals surface area contributed by atoms with E-state index < -0.39 is 52.6 Å². The average molecular weight is 705 g/mol. The van der Waals surface area contributed by atoms with E-state index in [-0.39, 0.29) is 24.9 Å². The van der Waals surface area contributed by atoms with Crippen LogP contribution in [0.5, 0.6) is 0 Å². The van der Waals surface area contributed by atoms with Gasteiger partial charge in [0.15, 0.2) is 5.82 Å². The zero-order valence-corrected chi connectivity index (χ0v) is 30.2. The fourth-order valence-electron chi connectivity index (χ4n) is 5.67. The van der Waals surface area contributed by atoms with Crippen LogP contribution in [0.3, 0.4) is 0 Å². The highest BCUT2D eigenvalue weighted by Crippen LogP contribution is 2.33. The Kier molecular flexibility index (Phi) is 12.2. The summed E-state index contributed by atoms with van der Waals surface area (Å²) < 4.78 is 17.7. The first-order valence-electron chi connectivity index (χ1n) is 16.8. The molecular formula is C37H48N6O8. The number of imidazole rings is 1. The Morgan fingerprint density at radius 1 is 0.941 bits per heavy atom. The van der Waals surface area contributed by atoms with E-state index in [4.69, 9.17) is 14.2 Å². The molecule has 4 rings (SSSR count). The number of anilines is 1. The van der Waals surface area contributed by atoms with Crippen LogP contribution in [0.2, 0.25) is 0 Å². The quantitative estimate of drug-likeness (QED) is 0.224. The highest BCUT2D eigenvalue weighted by molar-refractivity contribution is 5.99. The number of alkyl carbamates (subject to hydrolysis) is 1. The molecular weight excluding hydrogens is 656 g/mol. The van der Waals surface area contributed by atoms with E-state index in [1.807, 2.05) is 60.7 Å². The molecule has 2 heterocycles. The summed E-state index contributed by atoms with van der Waals surface area (Å²) in [6, 6.07) is 16.5. The smallest absolute Gasteiger partial charge is 0.408 e. The number of amides is 4. The largest absolute Gasteiger partial charge is 0.467 e. The number of rotatable bonds is 13. The zero-order chi connectivity index (χ0) is 37.4. The second-order valence-electron chi connectivity index (χ2n) is 14.1. The van der Waals surface area contributed by atoms with Crippen LogP contribution >= 0.6 is 0 Å². The van der Waals surface area contributed by atoms with Crippen molar-refractivity contribution in [2.45, 2.75) is 89.8 Å². The number of methoxy groups -OCH3 is 1. The fourth-order valence-corrected chi connectivity index (χ4v) is 5.67. The summed E-state index contributed by atoms with van der Waals surface area (Å²) in [5, 5.41) is 7.96. The van der Waals surface area contributed by atoms with Gasteiger partial charge >= 0.3 is 12.1 Å². The van der Waals surface area contributed by atoms with Crippen LogP contribution in [0.1, 0.15) is 65.5 Å². The van der Waals surface area contributed by atoms with E-state index in [0.29, 0.717) is 24.9 Å². The molecule has 3 N–H and O–H groups in total. The molecule has 1 fully saturated rings. The molecule has 0 saturated carbocycles. The van der Waals surface area contributed by atoms with Crippen molar-refractivity contribution in [2.24, 2.45) is 0 Å². The number of hydrogen-bond acceptors (Lipinski definition) is 9. The molecule has 4 amide bonds. The van der Waals surface area contributed by atoms with Gasteiger partial charge in [0.25, 0.3) is 11.8 Å². The van der Waals surface area contributed by atoms with Crippen molar-refractivity contribution in [3.8, 4) is 0 Å². The lowest BCUT2D eigenvalue weighted by Gasteiger charge is -2.36. The van der Waals surface area contributed by atoms with E-state index in [1.165, 1.54) is 38.4 Å². The van der Waals surface area contributed by atoms with Crippen LogP contribution in [0.25, 0.3) is 0 Å². The van der Waals surface area contributed by atoms with Gasteiger partial charge in [-0.3, -0.25) is 14.4 Å². The van der Waals surface area contributed by atoms with Crippen molar-refractivity contribution in [2.75, 3.05) is 25.6 Å². The molecule has 1 saturated heterocycles. The van der Waals surface area contributed by atoms with Gasteiger partial charge in [-0.15, -0.1) is 0 Å². The molecule has 2 aromatic carbocycles. The third-order valence-corrected chi connectivity index (χ3v) is 8.49. The van der Waals surface area contributed by atoms with Gasteiger partial charge < -0.3 is 39.6 Å². The van der Waals surface area contributed by atoms with Gasteiger partial charge in [0.1, 0.15) is 28.8 Å². The van der Waals surface area contributed by atoms with Crippen LogP contribution in [-0.4, -0.2) is 87.7 Å². The molecule has 1 aliphatic heterocycles. The predicted molar refractivity (Wildman–Crippen MR) is 188 cm³/mol. The second kappa shape index (κ2) is 16.2. The fraction of sp³-hybridized carbons (Fsp3) is 0.459. The van der Waals surface area contributed by atoms with Crippen molar-refractivity contribution in [1.29, 1.82) is 0 Å². The second-order valence-corrected chi connectivity index (χ2v) is 14.1. The Hall–Kier alpha value is -5.24. The summed E-state index contributed by atoms with van der Waals surface area (Å²) in [6.45, 7) is 10.2. The number of carbonyl (C=O) groups excluding carboxylic acids is 5. The summed E-state index contributed by atoms with van der Waals surface area (Å²) in [5.74, 6) is -2.02. The zero-order valence-electron chi connectivity index (χ0n) is 30.2. The number of nitrogens with zero attached hydrogens (tertiary/aromatic N) is 3. The van der Waals surface area contributed by atoms with E-state index in [0.717, 1.165) is 5.56 Å². The molecule has 14 heteroatoms. The minimum atomic E-state index is -1.46. The summed E-state index contributed by atoms with van der Waals surface area (Å²) in [6.07, 6.45) is 3.28. The van der Waals surface area contributed by atoms with Crippen LogP contribution in [0.4, 0.5) is 10.6 Å². The normalized spacial score (nSPS) is 16.4. The Bertz CT molecular complexity index is 1690. The Labute approximate surface area is 298 Å². The van der Waals surface area contributed by atoms with Gasteiger partial charge in [0, 0.05) is 12.7 Å². The van der Waals surface area contributed by atoms with Crippen LogP contribution < -0.4 is 16.0 Å². The maximum absolute atomic E-state index is 14.3. The van der Waals surface area contributed by atoms with E-state index >= 15 is 0 Å². The number of likely N-dealkylation sites (tertiary alicyclic amines) is 1. The predicted octanol–water partition coefficient (Wildman–Crippen LogP) is 3.75. The summed E-state index contributed by atoms with van der Waals surface area (Å²) in [5.41, 5.74) is -2.09. The minimum absolute atomic E-state index is 0.106. The van der Waals surface area contributed by atoms with Crippen molar-refractivity contribution in [3.63, 3.8) is 0 Å². The first-order valence-corrected chi connectivity index (χ1v) is 16.8. The summed E-state index contributed by atoms with van der Waals surface area (Å²) in [4.78, 5) is 72.5. The van der Waals surface area contributed by atoms with Gasteiger partial charge in [0.05, 0.1) is 26.7 Å². The van der Waals surface area contributed by atoms with E-state index in [2.05, 4.69) is 20.9 Å². The SMILES string of the molecule is COC(=O)[C@@H]1CCCN1C(=O)C(C)(c1ccccc1)n1cnc(NC(=O)[C@@H](COCc2ccccc2)NC(=O)C(C)(C)NC(=O)OC(C)(C)C)c1. The van der Waals surface area contributed by atoms with Gasteiger partial charge in [0.2, 0.25) is 5.91 Å². The number of nitrogens with one attached hydrogen (secondary N) is 3. The minimum Gasteiger partial charge on any atom is -0.467 e. The van der Waals surface area contributed by atoms with Crippen molar-refractivity contribution in [1.82, 2.24) is 25.1 Å². The first kappa shape index (κ1) is 38.6. The lowest BCUT2D eigenvalue weighted by molar-refractivity contribution is -0.153. The standard InChI is InChI=1S/C37H48N6O8/c1-35(2,3)51-34(48)41-36(4,5)32(46)39-27(23-50-22-25-15-10-8-11-16-25)30(44)40-29-21-42(24-38-29)37(6,26-17-12-9-13-18-26)33(47)43-20-14-19-28(43)31(45)49-7/h8-13,15-18,21,24,27-28H,14,19-20,22-23H2,1-7H3,(H,39,46)(H,40,44)(H,41,48)/t27-,28+,37?/m1/s1. The van der Waals surface area contributed by atoms with E-state index in [1.54, 1.807) is 32.3 Å². The number of carbonyl (C=O) groups is 5. The Balaban J connectivity index is 1.57. The van der Waals surface area contributed by atoms with Crippen LogP contribution in [-0.2, 0) is 45.5 Å². The number of hydrogen-bond donors (Lipinski definition) is 3. The van der Waals surface area contributed by atoms with E-state index in [9.17, 15) is 24.0 Å². The Morgan fingerprint density at radius 2 is 1.59 bits per heavy atom. The topological polar surface area (TPSA) is 170 Å². The van der Waals surface area contributed by atoms with Gasteiger partial charge in [-0.25, -0.2) is 14.6 Å². The summed E-state index contributed by atoms with van der Waals surface area (Å²) >= 11 is 0. The highest BCUT2D eigenvalue weighted by atomic mass is 16.6. The van der Waals surface area contributed by atoms with Crippen LogP contribution in [0, 0.1) is 0 Å². The molecule has 274 valence electrons. The van der Waals surface area contributed by atoms with Crippen molar-refractivity contribution >= 4 is 35.6 Å². The number of aromatic nitrogens is 2. The summed E-state index contributed by atoms with van der Waals surface area (Å²) in [7, 11) is 1.30. The van der Waals surface area contributed by atoms with Gasteiger partial charge in [-0.1, -0.05) is 60.7 Å². The molecule has 1 unspecified atom stereocenters. The molecule has 0 spiro atoms. The molecule has 0 aliphatic carbocycles. The van der Waals surface area contributed by atoms with Gasteiger partial charge in [-0.2, -0.15) is 0 Å². The lowest BCUT2D eigenvalue weighted by atomic mass is 9.89. The molecule has 3 aromatic rings. The lowest BCUT2D eigenvalue weighted by Crippen LogP contribution is -2.59.